The Morgan fingerprint density at radius 1 is 0.960 bits per heavy atom. The molecule has 0 amide bonds. The third-order valence-corrected chi connectivity index (χ3v) is 4.25. The van der Waals surface area contributed by atoms with Crippen LogP contribution in [-0.4, -0.2) is 9.97 Å². The number of aromatic nitrogens is 2. The van der Waals surface area contributed by atoms with Crippen molar-refractivity contribution in [2.24, 2.45) is 0 Å². The van der Waals surface area contributed by atoms with Gasteiger partial charge in [-0.05, 0) is 53.8 Å². The van der Waals surface area contributed by atoms with E-state index in [1.165, 1.54) is 12.1 Å². The second-order valence-electron chi connectivity index (χ2n) is 6.21. The molecule has 0 atom stereocenters. The second-order valence-corrected chi connectivity index (χ2v) is 6.21. The fraction of sp³-hybridized carbons (Fsp3) is 0.200. The van der Waals surface area contributed by atoms with Gasteiger partial charge in [0, 0.05) is 29.7 Å². The second kappa shape index (κ2) is 6.67. The molecule has 0 saturated heterocycles. The van der Waals surface area contributed by atoms with Crippen molar-refractivity contribution in [2.45, 2.75) is 26.7 Å². The Labute approximate surface area is 144 Å². The molecule has 3 rings (SSSR count). The van der Waals surface area contributed by atoms with Crippen LogP contribution in [0.4, 0.5) is 13.2 Å². The van der Waals surface area contributed by atoms with E-state index in [2.05, 4.69) is 9.97 Å². The summed E-state index contributed by atoms with van der Waals surface area (Å²) in [5.41, 5.74) is 2.44. The van der Waals surface area contributed by atoms with E-state index in [1.807, 2.05) is 19.9 Å². The SMILES string of the molecule is Cc1c(-c2cnccc2C(C)C)cc(F)c(-c2ccc(F)nc2)c1F. The lowest BCUT2D eigenvalue weighted by atomic mass is 9.90. The summed E-state index contributed by atoms with van der Waals surface area (Å²) in [6.45, 7) is 5.63. The van der Waals surface area contributed by atoms with Crippen LogP contribution in [0.5, 0.6) is 0 Å². The largest absolute Gasteiger partial charge is 0.264 e. The molecule has 2 nitrogen and oxygen atoms in total. The zero-order chi connectivity index (χ0) is 18.1. The topological polar surface area (TPSA) is 25.8 Å². The minimum absolute atomic E-state index is 0.185. The summed E-state index contributed by atoms with van der Waals surface area (Å²) in [6.07, 6.45) is 4.41. The summed E-state index contributed by atoms with van der Waals surface area (Å²) in [7, 11) is 0. The fourth-order valence-electron chi connectivity index (χ4n) is 2.92. The van der Waals surface area contributed by atoms with Crippen molar-refractivity contribution in [3.05, 3.63) is 71.6 Å². The standard InChI is InChI=1S/C20H17F3N2/c1-11(2)14-6-7-24-10-16(14)15-8-17(21)19(20(23)12(15)3)13-4-5-18(22)25-9-13/h4-11H,1-3H3. The van der Waals surface area contributed by atoms with Gasteiger partial charge in [0.15, 0.2) is 0 Å². The van der Waals surface area contributed by atoms with Gasteiger partial charge in [0.2, 0.25) is 5.95 Å². The van der Waals surface area contributed by atoms with E-state index in [0.717, 1.165) is 17.8 Å². The van der Waals surface area contributed by atoms with Crippen LogP contribution < -0.4 is 0 Å². The van der Waals surface area contributed by atoms with Gasteiger partial charge in [0.1, 0.15) is 11.6 Å². The van der Waals surface area contributed by atoms with E-state index in [0.29, 0.717) is 16.7 Å². The number of hydrogen-bond acceptors (Lipinski definition) is 2. The van der Waals surface area contributed by atoms with E-state index in [9.17, 15) is 13.2 Å². The van der Waals surface area contributed by atoms with Crippen molar-refractivity contribution in [3.63, 3.8) is 0 Å². The van der Waals surface area contributed by atoms with Crippen LogP contribution in [0.25, 0.3) is 22.3 Å². The van der Waals surface area contributed by atoms with Gasteiger partial charge >= 0.3 is 0 Å². The molecule has 1 aromatic carbocycles. The smallest absolute Gasteiger partial charge is 0.212 e. The molecule has 0 radical (unpaired) electrons. The van der Waals surface area contributed by atoms with E-state index in [4.69, 9.17) is 0 Å². The molecule has 0 N–H and O–H groups in total. The Morgan fingerprint density at radius 3 is 2.36 bits per heavy atom. The number of rotatable bonds is 3. The van der Waals surface area contributed by atoms with Gasteiger partial charge in [0.25, 0.3) is 0 Å². The zero-order valence-corrected chi connectivity index (χ0v) is 14.1. The number of halogens is 3. The van der Waals surface area contributed by atoms with Gasteiger partial charge in [-0.15, -0.1) is 0 Å². The van der Waals surface area contributed by atoms with Crippen molar-refractivity contribution in [2.75, 3.05) is 0 Å². The maximum atomic E-state index is 14.9. The molecule has 0 bridgehead atoms. The number of benzene rings is 1. The van der Waals surface area contributed by atoms with Gasteiger partial charge in [-0.25, -0.2) is 13.8 Å². The highest BCUT2D eigenvalue weighted by Crippen LogP contribution is 2.36. The molecular formula is C20H17F3N2. The van der Waals surface area contributed by atoms with Crippen LogP contribution in [0.2, 0.25) is 0 Å². The molecule has 3 aromatic rings. The van der Waals surface area contributed by atoms with E-state index >= 15 is 0 Å². The van der Waals surface area contributed by atoms with Crippen LogP contribution in [0.3, 0.4) is 0 Å². The molecule has 0 fully saturated rings. The summed E-state index contributed by atoms with van der Waals surface area (Å²) in [4.78, 5) is 7.57. The van der Waals surface area contributed by atoms with Crippen LogP contribution in [0, 0.1) is 24.5 Å². The van der Waals surface area contributed by atoms with Crippen LogP contribution in [0.15, 0.2) is 42.9 Å². The molecule has 2 heterocycles. The normalized spacial score (nSPS) is 11.2. The maximum Gasteiger partial charge on any atom is 0.212 e. The molecule has 128 valence electrons. The first kappa shape index (κ1) is 17.1. The van der Waals surface area contributed by atoms with Gasteiger partial charge in [-0.3, -0.25) is 4.98 Å². The molecule has 0 aliphatic rings. The first-order valence-electron chi connectivity index (χ1n) is 7.95. The Hall–Kier alpha value is -2.69. The molecule has 2 aromatic heterocycles. The van der Waals surface area contributed by atoms with Crippen molar-refractivity contribution in [3.8, 4) is 22.3 Å². The van der Waals surface area contributed by atoms with Crippen molar-refractivity contribution >= 4 is 0 Å². The fourth-order valence-corrected chi connectivity index (χ4v) is 2.92. The number of hydrogen-bond donors (Lipinski definition) is 0. The highest BCUT2D eigenvalue weighted by Gasteiger charge is 2.20. The van der Waals surface area contributed by atoms with Gasteiger partial charge in [-0.1, -0.05) is 13.8 Å². The zero-order valence-electron chi connectivity index (χ0n) is 14.1. The summed E-state index contributed by atoms with van der Waals surface area (Å²) < 4.78 is 42.6. The minimum atomic E-state index is -0.718. The molecule has 0 saturated carbocycles. The molecule has 5 heteroatoms. The summed E-state index contributed by atoms with van der Waals surface area (Å²) >= 11 is 0. The van der Waals surface area contributed by atoms with E-state index in [1.54, 1.807) is 19.3 Å². The van der Waals surface area contributed by atoms with E-state index < -0.39 is 17.6 Å². The van der Waals surface area contributed by atoms with Crippen LogP contribution in [0.1, 0.15) is 30.9 Å². The van der Waals surface area contributed by atoms with Crippen molar-refractivity contribution < 1.29 is 13.2 Å². The lowest BCUT2D eigenvalue weighted by molar-refractivity contribution is 0.578. The third kappa shape index (κ3) is 3.14. The first-order chi connectivity index (χ1) is 11.9. The Balaban J connectivity index is 2.22. The third-order valence-electron chi connectivity index (χ3n) is 4.25. The average Bonchev–Trinajstić information content (AvgIpc) is 2.60. The number of nitrogens with zero attached hydrogens (tertiary/aromatic N) is 2. The molecule has 0 unspecified atom stereocenters. The van der Waals surface area contributed by atoms with Crippen molar-refractivity contribution in [1.82, 2.24) is 9.97 Å². The maximum absolute atomic E-state index is 14.9. The Kier molecular flexibility index (Phi) is 4.57. The molecule has 0 spiro atoms. The predicted octanol–water partition coefficient (Wildman–Crippen LogP) is 5.66. The Morgan fingerprint density at radius 2 is 1.72 bits per heavy atom. The van der Waals surface area contributed by atoms with Gasteiger partial charge in [0.05, 0.1) is 5.56 Å². The monoisotopic (exact) mass is 342 g/mol. The molecule has 0 aliphatic heterocycles. The summed E-state index contributed by atoms with van der Waals surface area (Å²) in [6, 6.07) is 5.55. The number of pyridine rings is 2. The lowest BCUT2D eigenvalue weighted by Gasteiger charge is -2.17. The quantitative estimate of drug-likeness (QED) is 0.574. The summed E-state index contributed by atoms with van der Waals surface area (Å²) in [5, 5.41) is 0. The van der Waals surface area contributed by atoms with Crippen LogP contribution in [-0.2, 0) is 0 Å². The lowest BCUT2D eigenvalue weighted by Crippen LogP contribution is -2.01. The first-order valence-corrected chi connectivity index (χ1v) is 7.95. The van der Waals surface area contributed by atoms with Gasteiger partial charge in [-0.2, -0.15) is 4.39 Å². The highest BCUT2D eigenvalue weighted by molar-refractivity contribution is 5.76. The Bertz CT molecular complexity index is 919. The van der Waals surface area contributed by atoms with E-state index in [-0.39, 0.29) is 17.0 Å². The molecule has 0 aliphatic carbocycles. The minimum Gasteiger partial charge on any atom is -0.264 e. The highest BCUT2D eigenvalue weighted by atomic mass is 19.1. The molecule has 25 heavy (non-hydrogen) atoms. The molecular weight excluding hydrogens is 325 g/mol. The van der Waals surface area contributed by atoms with Gasteiger partial charge < -0.3 is 0 Å². The summed E-state index contributed by atoms with van der Waals surface area (Å²) in [5.74, 6) is -1.91. The average molecular weight is 342 g/mol. The predicted molar refractivity (Wildman–Crippen MR) is 91.6 cm³/mol. The van der Waals surface area contributed by atoms with Crippen molar-refractivity contribution in [1.29, 1.82) is 0 Å². The van der Waals surface area contributed by atoms with Crippen LogP contribution >= 0.6 is 0 Å².